The second kappa shape index (κ2) is 9.35. The Balaban J connectivity index is 1.62. The van der Waals surface area contributed by atoms with E-state index in [0.717, 1.165) is 37.7 Å². The summed E-state index contributed by atoms with van der Waals surface area (Å²) >= 11 is 0. The van der Waals surface area contributed by atoms with E-state index < -0.39 is 5.82 Å². The Morgan fingerprint density at radius 2 is 1.75 bits per heavy atom. The maximum atomic E-state index is 14.1. The first-order valence-electron chi connectivity index (χ1n) is 9.69. The standard InChI is InChI=1S/C22H26FN3O2/c1-26(15-16-8-4-2-5-9-16)22(28)24-18-12-13-19(23)20(14-18)25-21(27)17-10-6-3-7-11-17/h2,4-5,8-9,12-14,17H,3,6-7,10-11,15H2,1H3,(H,24,28)(H,25,27). The van der Waals surface area contributed by atoms with Crippen LogP contribution in [0, 0.1) is 11.7 Å². The third kappa shape index (κ3) is 5.31. The van der Waals surface area contributed by atoms with Gasteiger partial charge in [-0.3, -0.25) is 4.79 Å². The topological polar surface area (TPSA) is 61.4 Å². The number of urea groups is 1. The molecular formula is C22H26FN3O2. The van der Waals surface area contributed by atoms with Crippen LogP contribution in [0.2, 0.25) is 0 Å². The summed E-state index contributed by atoms with van der Waals surface area (Å²) in [5, 5.41) is 5.44. The van der Waals surface area contributed by atoms with Crippen LogP contribution in [0.4, 0.5) is 20.6 Å². The van der Waals surface area contributed by atoms with Crippen LogP contribution < -0.4 is 10.6 Å². The van der Waals surface area contributed by atoms with Gasteiger partial charge >= 0.3 is 6.03 Å². The number of hydrogen-bond donors (Lipinski definition) is 2. The predicted octanol–water partition coefficient (Wildman–Crippen LogP) is 5.01. The Kier molecular flexibility index (Phi) is 6.63. The number of halogens is 1. The van der Waals surface area contributed by atoms with E-state index in [1.54, 1.807) is 11.9 Å². The van der Waals surface area contributed by atoms with Crippen LogP contribution in [0.1, 0.15) is 37.7 Å². The molecule has 3 rings (SSSR count). The quantitative estimate of drug-likeness (QED) is 0.762. The zero-order chi connectivity index (χ0) is 19.9. The van der Waals surface area contributed by atoms with E-state index in [2.05, 4.69) is 10.6 Å². The second-order valence-corrected chi connectivity index (χ2v) is 7.29. The van der Waals surface area contributed by atoms with Crippen LogP contribution in [0.15, 0.2) is 48.5 Å². The van der Waals surface area contributed by atoms with Crippen molar-refractivity contribution in [2.75, 3.05) is 17.7 Å². The summed E-state index contributed by atoms with van der Waals surface area (Å²) in [6.07, 6.45) is 4.90. The number of benzene rings is 2. The maximum Gasteiger partial charge on any atom is 0.321 e. The van der Waals surface area contributed by atoms with E-state index in [9.17, 15) is 14.0 Å². The summed E-state index contributed by atoms with van der Waals surface area (Å²) in [5.41, 5.74) is 1.55. The van der Waals surface area contributed by atoms with E-state index in [-0.39, 0.29) is 23.5 Å². The molecule has 0 saturated heterocycles. The molecule has 0 radical (unpaired) electrons. The number of hydrogen-bond acceptors (Lipinski definition) is 2. The fraction of sp³-hybridized carbons (Fsp3) is 0.364. The molecule has 2 aromatic carbocycles. The van der Waals surface area contributed by atoms with Crippen molar-refractivity contribution in [3.63, 3.8) is 0 Å². The highest BCUT2D eigenvalue weighted by Crippen LogP contribution is 2.26. The van der Waals surface area contributed by atoms with Crippen molar-refractivity contribution in [3.05, 3.63) is 59.9 Å². The number of nitrogens with one attached hydrogen (secondary N) is 2. The minimum absolute atomic E-state index is 0.0663. The smallest absolute Gasteiger partial charge is 0.321 e. The van der Waals surface area contributed by atoms with Crippen LogP contribution in [-0.2, 0) is 11.3 Å². The highest BCUT2D eigenvalue weighted by atomic mass is 19.1. The molecule has 0 aromatic heterocycles. The van der Waals surface area contributed by atoms with Gasteiger partial charge in [-0.2, -0.15) is 0 Å². The first-order valence-corrected chi connectivity index (χ1v) is 9.69. The van der Waals surface area contributed by atoms with Gasteiger partial charge < -0.3 is 15.5 Å². The van der Waals surface area contributed by atoms with E-state index in [1.807, 2.05) is 30.3 Å². The number of amides is 3. The summed E-state index contributed by atoms with van der Waals surface area (Å²) in [6.45, 7) is 0.457. The molecule has 3 amide bonds. The Morgan fingerprint density at radius 1 is 1.04 bits per heavy atom. The molecular weight excluding hydrogens is 357 g/mol. The van der Waals surface area contributed by atoms with Gasteiger partial charge in [0.05, 0.1) is 5.69 Å². The first-order chi connectivity index (χ1) is 13.5. The van der Waals surface area contributed by atoms with Crippen molar-refractivity contribution in [2.24, 2.45) is 5.92 Å². The van der Waals surface area contributed by atoms with Crippen molar-refractivity contribution in [2.45, 2.75) is 38.6 Å². The molecule has 2 N–H and O–H groups in total. The lowest BCUT2D eigenvalue weighted by Crippen LogP contribution is -2.31. The fourth-order valence-electron chi connectivity index (χ4n) is 3.45. The summed E-state index contributed by atoms with van der Waals surface area (Å²) < 4.78 is 14.1. The summed E-state index contributed by atoms with van der Waals surface area (Å²) in [6, 6.07) is 13.5. The summed E-state index contributed by atoms with van der Waals surface area (Å²) in [5.74, 6) is -0.730. The number of carbonyl (C=O) groups is 2. The number of anilines is 2. The van der Waals surface area contributed by atoms with Gasteiger partial charge in [-0.25, -0.2) is 9.18 Å². The molecule has 0 spiro atoms. The minimum atomic E-state index is -0.514. The lowest BCUT2D eigenvalue weighted by molar-refractivity contribution is -0.120. The zero-order valence-electron chi connectivity index (χ0n) is 16.1. The van der Waals surface area contributed by atoms with Gasteiger partial charge in [0, 0.05) is 25.2 Å². The molecule has 1 aliphatic carbocycles. The van der Waals surface area contributed by atoms with Crippen molar-refractivity contribution in [3.8, 4) is 0 Å². The fourth-order valence-corrected chi connectivity index (χ4v) is 3.45. The molecule has 28 heavy (non-hydrogen) atoms. The molecule has 1 aliphatic rings. The molecule has 5 nitrogen and oxygen atoms in total. The van der Waals surface area contributed by atoms with Gasteiger partial charge in [0.15, 0.2) is 0 Å². The average molecular weight is 383 g/mol. The summed E-state index contributed by atoms with van der Waals surface area (Å²) in [7, 11) is 1.69. The van der Waals surface area contributed by atoms with Crippen LogP contribution in [0.5, 0.6) is 0 Å². The molecule has 148 valence electrons. The normalized spacial score (nSPS) is 14.4. The lowest BCUT2D eigenvalue weighted by Gasteiger charge is -2.21. The van der Waals surface area contributed by atoms with Crippen LogP contribution >= 0.6 is 0 Å². The van der Waals surface area contributed by atoms with Gasteiger partial charge in [0.2, 0.25) is 5.91 Å². The van der Waals surface area contributed by atoms with Crippen LogP contribution in [0.3, 0.4) is 0 Å². The Labute approximate surface area is 164 Å². The van der Waals surface area contributed by atoms with Crippen molar-refractivity contribution < 1.29 is 14.0 Å². The average Bonchev–Trinajstić information content (AvgIpc) is 2.71. The number of rotatable bonds is 5. The van der Waals surface area contributed by atoms with Crippen molar-refractivity contribution in [1.29, 1.82) is 0 Å². The SMILES string of the molecule is CN(Cc1ccccc1)C(=O)Nc1ccc(F)c(NC(=O)C2CCCCC2)c1. The Bertz CT molecular complexity index is 820. The molecule has 0 heterocycles. The second-order valence-electron chi connectivity index (χ2n) is 7.29. The largest absolute Gasteiger partial charge is 0.323 e. The Morgan fingerprint density at radius 3 is 2.46 bits per heavy atom. The molecule has 0 aliphatic heterocycles. The molecule has 1 fully saturated rings. The first kappa shape index (κ1) is 19.9. The van der Waals surface area contributed by atoms with Gasteiger partial charge in [-0.05, 0) is 36.6 Å². The maximum absolute atomic E-state index is 14.1. The van der Waals surface area contributed by atoms with Gasteiger partial charge in [-0.15, -0.1) is 0 Å². The zero-order valence-corrected chi connectivity index (χ0v) is 16.1. The van der Waals surface area contributed by atoms with E-state index in [1.165, 1.54) is 18.2 Å². The van der Waals surface area contributed by atoms with Gasteiger partial charge in [0.1, 0.15) is 5.82 Å². The van der Waals surface area contributed by atoms with E-state index in [0.29, 0.717) is 12.2 Å². The molecule has 0 atom stereocenters. The molecule has 0 unspecified atom stereocenters. The highest BCUT2D eigenvalue weighted by molar-refractivity contribution is 5.94. The minimum Gasteiger partial charge on any atom is -0.323 e. The molecule has 1 saturated carbocycles. The molecule has 6 heteroatoms. The Hall–Kier alpha value is -2.89. The molecule has 2 aromatic rings. The van der Waals surface area contributed by atoms with Gasteiger partial charge in [0.25, 0.3) is 0 Å². The number of nitrogens with zero attached hydrogens (tertiary/aromatic N) is 1. The van der Waals surface area contributed by atoms with E-state index >= 15 is 0 Å². The molecule has 0 bridgehead atoms. The van der Waals surface area contributed by atoms with Crippen molar-refractivity contribution >= 4 is 23.3 Å². The summed E-state index contributed by atoms with van der Waals surface area (Å²) in [4.78, 5) is 26.3. The number of carbonyl (C=O) groups excluding carboxylic acids is 2. The third-order valence-corrected chi connectivity index (χ3v) is 5.06. The van der Waals surface area contributed by atoms with Crippen LogP contribution in [0.25, 0.3) is 0 Å². The van der Waals surface area contributed by atoms with Crippen molar-refractivity contribution in [1.82, 2.24) is 4.90 Å². The predicted molar refractivity (Wildman–Crippen MR) is 109 cm³/mol. The van der Waals surface area contributed by atoms with Crippen LogP contribution in [-0.4, -0.2) is 23.9 Å². The lowest BCUT2D eigenvalue weighted by atomic mass is 9.88. The third-order valence-electron chi connectivity index (χ3n) is 5.06. The van der Waals surface area contributed by atoms with E-state index in [4.69, 9.17) is 0 Å². The highest BCUT2D eigenvalue weighted by Gasteiger charge is 2.22. The van der Waals surface area contributed by atoms with Gasteiger partial charge in [-0.1, -0.05) is 49.6 Å². The monoisotopic (exact) mass is 383 g/mol.